The van der Waals surface area contributed by atoms with Crippen LogP contribution in [0, 0.1) is 6.92 Å². The normalized spacial score (nSPS) is 12.5. The van der Waals surface area contributed by atoms with Crippen LogP contribution in [0.1, 0.15) is 21.7 Å². The Morgan fingerprint density at radius 3 is 2.62 bits per heavy atom. The molecule has 7 heteroatoms. The van der Waals surface area contributed by atoms with Crippen LogP contribution in [-0.2, 0) is 6.54 Å². The molecule has 32 heavy (non-hydrogen) atoms. The fourth-order valence-electron chi connectivity index (χ4n) is 3.86. The molecule has 0 unspecified atom stereocenters. The van der Waals surface area contributed by atoms with E-state index in [2.05, 4.69) is 10.3 Å². The van der Waals surface area contributed by atoms with Crippen LogP contribution < -0.4 is 20.3 Å². The lowest BCUT2D eigenvalue weighted by molar-refractivity contribution is 0.0950. The number of ether oxygens (including phenoxy) is 2. The Morgan fingerprint density at radius 2 is 1.78 bits per heavy atom. The molecule has 0 saturated heterocycles. The minimum atomic E-state index is -0.216. The number of hydrogen-bond donors (Lipinski definition) is 1. The highest BCUT2D eigenvalue weighted by Gasteiger charge is 2.16. The molecule has 0 atom stereocenters. The molecule has 0 fully saturated rings. The van der Waals surface area contributed by atoms with E-state index in [9.17, 15) is 9.59 Å². The Hall–Kier alpha value is -4.13. The van der Waals surface area contributed by atoms with Crippen LogP contribution in [0.3, 0.4) is 0 Å². The summed E-state index contributed by atoms with van der Waals surface area (Å²) < 4.78 is 12.8. The van der Waals surface area contributed by atoms with Crippen molar-refractivity contribution in [2.45, 2.75) is 13.5 Å². The predicted octanol–water partition coefficient (Wildman–Crippen LogP) is 3.40. The molecule has 7 nitrogen and oxygen atoms in total. The molecule has 0 spiro atoms. The number of aromatic nitrogens is 2. The second-order valence-corrected chi connectivity index (χ2v) is 7.49. The number of carbonyl (C=O) groups excluding carboxylic acids is 1. The van der Waals surface area contributed by atoms with Crippen molar-refractivity contribution in [1.29, 1.82) is 0 Å². The van der Waals surface area contributed by atoms with Gasteiger partial charge in [-0.25, -0.2) is 4.98 Å². The maximum atomic E-state index is 13.0. The van der Waals surface area contributed by atoms with Crippen LogP contribution in [0.4, 0.5) is 0 Å². The number of rotatable bonds is 4. The number of aryl methyl sites for hydroxylation is 1. The van der Waals surface area contributed by atoms with Crippen LogP contribution >= 0.6 is 0 Å². The molecule has 0 saturated carbocycles. The van der Waals surface area contributed by atoms with E-state index in [0.29, 0.717) is 59.2 Å². The Kier molecular flexibility index (Phi) is 5.07. The summed E-state index contributed by atoms with van der Waals surface area (Å²) in [6.45, 7) is 3.12. The Morgan fingerprint density at radius 1 is 1.00 bits per heavy atom. The largest absolute Gasteiger partial charge is 0.486 e. The number of fused-ring (bicyclic) bond motifs is 2. The van der Waals surface area contributed by atoms with E-state index in [1.165, 1.54) is 0 Å². The summed E-state index contributed by atoms with van der Waals surface area (Å²) >= 11 is 0. The summed E-state index contributed by atoms with van der Waals surface area (Å²) in [7, 11) is 0. The summed E-state index contributed by atoms with van der Waals surface area (Å²) in [5.74, 6) is 1.73. The average molecular weight is 427 g/mol. The average Bonchev–Trinajstić information content (AvgIpc) is 2.83. The van der Waals surface area contributed by atoms with Crippen LogP contribution in [0.15, 0.2) is 71.5 Å². The molecule has 1 aliphatic rings. The highest BCUT2D eigenvalue weighted by molar-refractivity contribution is 5.94. The third kappa shape index (κ3) is 3.58. The van der Waals surface area contributed by atoms with Crippen molar-refractivity contribution in [2.75, 3.05) is 13.2 Å². The number of nitrogens with one attached hydrogen (secondary N) is 1. The molecule has 3 aromatic carbocycles. The zero-order valence-corrected chi connectivity index (χ0v) is 17.5. The summed E-state index contributed by atoms with van der Waals surface area (Å²) in [5, 5.41) is 3.47. The van der Waals surface area contributed by atoms with Gasteiger partial charge in [0.2, 0.25) is 0 Å². The van der Waals surface area contributed by atoms with Crippen molar-refractivity contribution in [3.63, 3.8) is 0 Å². The third-order valence-electron chi connectivity index (χ3n) is 5.42. The van der Waals surface area contributed by atoms with E-state index in [0.717, 1.165) is 5.56 Å². The van der Waals surface area contributed by atoms with Crippen LogP contribution in [0.5, 0.6) is 11.5 Å². The van der Waals surface area contributed by atoms with Crippen molar-refractivity contribution in [3.05, 3.63) is 94.0 Å². The van der Waals surface area contributed by atoms with Gasteiger partial charge >= 0.3 is 0 Å². The van der Waals surface area contributed by atoms with Crippen molar-refractivity contribution < 1.29 is 14.3 Å². The van der Waals surface area contributed by atoms with Gasteiger partial charge in [0, 0.05) is 17.7 Å². The van der Waals surface area contributed by atoms with E-state index in [1.807, 2.05) is 36.4 Å². The summed E-state index contributed by atoms with van der Waals surface area (Å²) in [6, 6.07) is 19.8. The second-order valence-electron chi connectivity index (χ2n) is 7.49. The molecule has 5 rings (SSSR count). The van der Waals surface area contributed by atoms with E-state index in [1.54, 1.807) is 41.8 Å². The van der Waals surface area contributed by atoms with Gasteiger partial charge in [-0.3, -0.25) is 14.2 Å². The number of para-hydroxylation sites is 2. The van der Waals surface area contributed by atoms with Crippen molar-refractivity contribution in [1.82, 2.24) is 14.9 Å². The lowest BCUT2D eigenvalue weighted by atomic mass is 10.1. The van der Waals surface area contributed by atoms with Crippen LogP contribution in [-0.4, -0.2) is 28.7 Å². The summed E-state index contributed by atoms with van der Waals surface area (Å²) in [5.41, 5.74) is 2.54. The zero-order valence-electron chi connectivity index (χ0n) is 17.5. The molecule has 1 aromatic heterocycles. The molecule has 2 heterocycles. The SMILES string of the molecule is Cc1nc2ccccc2c(=O)n1-c1ccc(C(=O)NCc2cccc3c2OCCO3)cc1. The van der Waals surface area contributed by atoms with Gasteiger partial charge in [0.15, 0.2) is 11.5 Å². The molecule has 0 bridgehead atoms. The monoisotopic (exact) mass is 427 g/mol. The van der Waals surface area contributed by atoms with Gasteiger partial charge in [-0.05, 0) is 49.4 Å². The maximum Gasteiger partial charge on any atom is 0.265 e. The first kappa shape index (κ1) is 19.8. The predicted molar refractivity (Wildman–Crippen MR) is 121 cm³/mol. The van der Waals surface area contributed by atoms with Crippen molar-refractivity contribution in [2.24, 2.45) is 0 Å². The highest BCUT2D eigenvalue weighted by Crippen LogP contribution is 2.33. The highest BCUT2D eigenvalue weighted by atomic mass is 16.6. The molecular weight excluding hydrogens is 406 g/mol. The molecule has 4 aromatic rings. The first-order valence-electron chi connectivity index (χ1n) is 10.4. The molecule has 1 N–H and O–H groups in total. The fourth-order valence-corrected chi connectivity index (χ4v) is 3.86. The van der Waals surface area contributed by atoms with Gasteiger partial charge < -0.3 is 14.8 Å². The van der Waals surface area contributed by atoms with E-state index < -0.39 is 0 Å². The standard InChI is InChI=1S/C25H21N3O4/c1-16-27-21-7-3-2-6-20(21)25(30)28(16)19-11-9-17(10-12-19)24(29)26-15-18-5-4-8-22-23(18)32-14-13-31-22/h2-12H,13-15H2,1H3,(H,26,29). The molecule has 1 amide bonds. The Labute approximate surface area is 184 Å². The van der Waals surface area contributed by atoms with Gasteiger partial charge in [-0.1, -0.05) is 24.3 Å². The van der Waals surface area contributed by atoms with Gasteiger partial charge in [0.05, 0.1) is 16.6 Å². The third-order valence-corrected chi connectivity index (χ3v) is 5.42. The number of amides is 1. The Balaban J connectivity index is 1.36. The van der Waals surface area contributed by atoms with E-state index in [4.69, 9.17) is 9.47 Å². The Bertz CT molecular complexity index is 1380. The smallest absolute Gasteiger partial charge is 0.265 e. The molecule has 0 radical (unpaired) electrons. The zero-order chi connectivity index (χ0) is 22.1. The number of carbonyl (C=O) groups is 1. The lowest BCUT2D eigenvalue weighted by Gasteiger charge is -2.21. The quantitative estimate of drug-likeness (QED) is 0.540. The number of hydrogen-bond acceptors (Lipinski definition) is 5. The van der Waals surface area contributed by atoms with Gasteiger partial charge in [-0.15, -0.1) is 0 Å². The molecular formula is C25H21N3O4. The molecule has 160 valence electrons. The van der Waals surface area contributed by atoms with Gasteiger partial charge in [0.1, 0.15) is 19.0 Å². The van der Waals surface area contributed by atoms with E-state index >= 15 is 0 Å². The minimum Gasteiger partial charge on any atom is -0.486 e. The van der Waals surface area contributed by atoms with Crippen LogP contribution in [0.25, 0.3) is 16.6 Å². The number of nitrogens with zero attached hydrogens (tertiary/aromatic N) is 2. The first-order valence-corrected chi connectivity index (χ1v) is 10.4. The minimum absolute atomic E-state index is 0.138. The maximum absolute atomic E-state index is 13.0. The topological polar surface area (TPSA) is 82.5 Å². The molecule has 1 aliphatic heterocycles. The van der Waals surface area contributed by atoms with Gasteiger partial charge in [-0.2, -0.15) is 0 Å². The van der Waals surface area contributed by atoms with Crippen molar-refractivity contribution in [3.8, 4) is 17.2 Å². The van der Waals surface area contributed by atoms with E-state index in [-0.39, 0.29) is 11.5 Å². The van der Waals surface area contributed by atoms with Crippen LogP contribution in [0.2, 0.25) is 0 Å². The summed E-state index contributed by atoms with van der Waals surface area (Å²) in [6.07, 6.45) is 0. The van der Waals surface area contributed by atoms with Gasteiger partial charge in [0.25, 0.3) is 11.5 Å². The number of benzene rings is 3. The van der Waals surface area contributed by atoms with Crippen molar-refractivity contribution >= 4 is 16.8 Å². The first-order chi connectivity index (χ1) is 15.6. The second kappa shape index (κ2) is 8.19. The lowest BCUT2D eigenvalue weighted by Crippen LogP contribution is -2.25. The summed E-state index contributed by atoms with van der Waals surface area (Å²) in [4.78, 5) is 30.2. The fraction of sp³-hybridized carbons (Fsp3) is 0.160. The molecule has 0 aliphatic carbocycles.